The zero-order chi connectivity index (χ0) is 23.9. The Bertz CT molecular complexity index is 1080. The number of esters is 1. The highest BCUT2D eigenvalue weighted by Gasteiger charge is 2.19. The van der Waals surface area contributed by atoms with E-state index in [1.54, 1.807) is 0 Å². The lowest BCUT2D eigenvalue weighted by Gasteiger charge is -2.35. The van der Waals surface area contributed by atoms with Crippen molar-refractivity contribution < 1.29 is 9.53 Å². The summed E-state index contributed by atoms with van der Waals surface area (Å²) in [6.07, 6.45) is 3.66. The fourth-order valence-electron chi connectivity index (χ4n) is 3.94. The Morgan fingerprint density at radius 2 is 1.91 bits per heavy atom. The molecule has 0 spiro atoms. The normalized spacial score (nSPS) is 14.4. The van der Waals surface area contributed by atoms with Crippen LogP contribution in [-0.2, 0) is 11.2 Å². The van der Waals surface area contributed by atoms with E-state index in [2.05, 4.69) is 60.4 Å². The van der Waals surface area contributed by atoms with Crippen molar-refractivity contribution in [3.63, 3.8) is 0 Å². The van der Waals surface area contributed by atoms with Gasteiger partial charge in [-0.3, -0.25) is 4.90 Å². The van der Waals surface area contributed by atoms with E-state index < -0.39 is 0 Å². The van der Waals surface area contributed by atoms with E-state index in [9.17, 15) is 4.79 Å². The molecule has 0 unspecified atom stereocenters. The molecule has 1 aliphatic rings. The summed E-state index contributed by atoms with van der Waals surface area (Å²) in [5.74, 6) is 1.92. The van der Waals surface area contributed by atoms with Crippen LogP contribution < -0.4 is 10.2 Å². The molecule has 3 heterocycles. The molecule has 4 rings (SSSR count). The predicted octanol–water partition coefficient (Wildman–Crippen LogP) is 4.31. The van der Waals surface area contributed by atoms with Gasteiger partial charge >= 0.3 is 5.97 Å². The molecule has 0 aliphatic carbocycles. The third-order valence-corrected chi connectivity index (χ3v) is 6.48. The first kappa shape index (κ1) is 24.1. The number of anilines is 3. The summed E-state index contributed by atoms with van der Waals surface area (Å²) in [7, 11) is 0. The standard InChI is InChI=1S/C25H32N6O2S/c1-18(2)33-24(32)21-17-26-25(34-21)29-22-16-23(28-19(3)27-22)31-14-12-30(13-15-31)11-7-10-20-8-5-4-6-9-20/h4-6,8-9,16-18H,7,10-15H2,1-3H3,(H,26,27,28,29). The van der Waals surface area contributed by atoms with Gasteiger partial charge in [0.05, 0.1) is 12.3 Å². The summed E-state index contributed by atoms with van der Waals surface area (Å²) < 4.78 is 5.24. The van der Waals surface area contributed by atoms with Crippen molar-refractivity contribution in [1.29, 1.82) is 0 Å². The fraction of sp³-hybridized carbons (Fsp3) is 0.440. The van der Waals surface area contributed by atoms with Gasteiger partial charge in [0.2, 0.25) is 0 Å². The molecule has 3 aromatic rings. The van der Waals surface area contributed by atoms with Gasteiger partial charge in [0.25, 0.3) is 0 Å². The van der Waals surface area contributed by atoms with Crippen molar-refractivity contribution >= 4 is 34.1 Å². The first-order valence-electron chi connectivity index (χ1n) is 11.8. The number of aryl methyl sites for hydroxylation is 2. The number of hydrogen-bond acceptors (Lipinski definition) is 9. The molecule has 1 fully saturated rings. The predicted molar refractivity (Wildman–Crippen MR) is 136 cm³/mol. The fourth-order valence-corrected chi connectivity index (χ4v) is 4.64. The maximum absolute atomic E-state index is 12.1. The van der Waals surface area contributed by atoms with Crippen molar-refractivity contribution in [3.05, 3.63) is 58.9 Å². The van der Waals surface area contributed by atoms with E-state index in [4.69, 9.17) is 4.74 Å². The van der Waals surface area contributed by atoms with E-state index in [1.807, 2.05) is 26.8 Å². The first-order valence-corrected chi connectivity index (χ1v) is 12.6. The number of carbonyl (C=O) groups excluding carboxylic acids is 1. The molecule has 1 saturated heterocycles. The van der Waals surface area contributed by atoms with Crippen molar-refractivity contribution in [2.45, 2.75) is 39.7 Å². The number of rotatable bonds is 9. The summed E-state index contributed by atoms with van der Waals surface area (Å²) in [5, 5.41) is 3.82. The van der Waals surface area contributed by atoms with Gasteiger partial charge in [-0.05, 0) is 45.7 Å². The van der Waals surface area contributed by atoms with Gasteiger partial charge in [-0.25, -0.2) is 19.7 Å². The number of benzene rings is 1. The molecule has 34 heavy (non-hydrogen) atoms. The summed E-state index contributed by atoms with van der Waals surface area (Å²) in [6, 6.07) is 12.6. The van der Waals surface area contributed by atoms with Crippen LogP contribution in [0.25, 0.3) is 0 Å². The van der Waals surface area contributed by atoms with E-state index in [-0.39, 0.29) is 12.1 Å². The average molecular weight is 481 g/mol. The minimum atomic E-state index is -0.359. The Balaban J connectivity index is 1.30. The van der Waals surface area contributed by atoms with Crippen molar-refractivity contribution in [1.82, 2.24) is 19.9 Å². The molecule has 1 aromatic carbocycles. The highest BCUT2D eigenvalue weighted by molar-refractivity contribution is 7.17. The first-order chi connectivity index (χ1) is 16.5. The second kappa shape index (κ2) is 11.4. The maximum Gasteiger partial charge on any atom is 0.350 e. The van der Waals surface area contributed by atoms with Crippen LogP contribution in [0.1, 0.15) is 41.3 Å². The smallest absolute Gasteiger partial charge is 0.350 e. The SMILES string of the molecule is Cc1nc(Nc2ncc(C(=O)OC(C)C)s2)cc(N2CCN(CCCc3ccccc3)CC2)n1. The second-order valence-corrected chi connectivity index (χ2v) is 9.72. The monoisotopic (exact) mass is 480 g/mol. The van der Waals surface area contributed by atoms with Gasteiger partial charge in [0.1, 0.15) is 22.3 Å². The quantitative estimate of drug-likeness (QED) is 0.454. The number of ether oxygens (including phenoxy) is 1. The molecule has 0 radical (unpaired) electrons. The lowest BCUT2D eigenvalue weighted by atomic mass is 10.1. The van der Waals surface area contributed by atoms with Crippen LogP contribution in [0.5, 0.6) is 0 Å². The maximum atomic E-state index is 12.1. The van der Waals surface area contributed by atoms with Crippen molar-refractivity contribution in [2.75, 3.05) is 42.9 Å². The molecule has 9 heteroatoms. The summed E-state index contributed by atoms with van der Waals surface area (Å²) >= 11 is 1.25. The lowest BCUT2D eigenvalue weighted by Crippen LogP contribution is -2.47. The van der Waals surface area contributed by atoms with Crippen molar-refractivity contribution in [2.24, 2.45) is 0 Å². The molecule has 0 amide bonds. The van der Waals surface area contributed by atoms with Gasteiger partial charge in [-0.1, -0.05) is 41.7 Å². The largest absolute Gasteiger partial charge is 0.459 e. The molecular formula is C25H32N6O2S. The molecule has 1 aliphatic heterocycles. The minimum absolute atomic E-state index is 0.164. The Morgan fingerprint density at radius 3 is 2.65 bits per heavy atom. The average Bonchev–Trinajstić information content (AvgIpc) is 3.28. The number of carbonyl (C=O) groups is 1. The van der Waals surface area contributed by atoms with E-state index >= 15 is 0 Å². The molecule has 0 atom stereocenters. The molecule has 0 bridgehead atoms. The van der Waals surface area contributed by atoms with Gasteiger partial charge in [-0.15, -0.1) is 0 Å². The second-order valence-electron chi connectivity index (χ2n) is 8.69. The van der Waals surface area contributed by atoms with Crippen LogP contribution in [0.15, 0.2) is 42.6 Å². The molecule has 0 saturated carbocycles. The van der Waals surface area contributed by atoms with Crippen LogP contribution in [0.3, 0.4) is 0 Å². The number of nitrogens with zero attached hydrogens (tertiary/aromatic N) is 5. The third kappa shape index (κ3) is 6.74. The molecular weight excluding hydrogens is 448 g/mol. The number of aromatic nitrogens is 3. The van der Waals surface area contributed by atoms with Gasteiger partial charge < -0.3 is 15.0 Å². The van der Waals surface area contributed by atoms with Crippen LogP contribution in [0.2, 0.25) is 0 Å². The van der Waals surface area contributed by atoms with E-state index in [0.717, 1.165) is 45.0 Å². The number of piperazine rings is 1. The van der Waals surface area contributed by atoms with Gasteiger partial charge in [-0.2, -0.15) is 0 Å². The van der Waals surface area contributed by atoms with E-state index in [1.165, 1.54) is 29.5 Å². The van der Waals surface area contributed by atoms with Crippen molar-refractivity contribution in [3.8, 4) is 0 Å². The zero-order valence-electron chi connectivity index (χ0n) is 20.0. The zero-order valence-corrected chi connectivity index (χ0v) is 20.8. The van der Waals surface area contributed by atoms with Crippen LogP contribution in [0.4, 0.5) is 16.8 Å². The number of hydrogen-bond donors (Lipinski definition) is 1. The summed E-state index contributed by atoms with van der Waals surface area (Å²) in [5.41, 5.74) is 1.40. The third-order valence-electron chi connectivity index (χ3n) is 5.59. The summed E-state index contributed by atoms with van der Waals surface area (Å²) in [6.45, 7) is 10.6. The lowest BCUT2D eigenvalue weighted by molar-refractivity contribution is 0.0383. The Morgan fingerprint density at radius 1 is 1.15 bits per heavy atom. The topological polar surface area (TPSA) is 83.5 Å². The number of nitrogens with one attached hydrogen (secondary N) is 1. The highest BCUT2D eigenvalue weighted by Crippen LogP contribution is 2.25. The Hall–Kier alpha value is -3.04. The van der Waals surface area contributed by atoms with Crippen LogP contribution in [0, 0.1) is 6.92 Å². The molecule has 8 nitrogen and oxygen atoms in total. The van der Waals surface area contributed by atoms with Gasteiger partial charge in [0.15, 0.2) is 5.13 Å². The highest BCUT2D eigenvalue weighted by atomic mass is 32.1. The van der Waals surface area contributed by atoms with Gasteiger partial charge in [0, 0.05) is 32.2 Å². The number of thiazole rings is 1. The molecule has 2 aromatic heterocycles. The molecule has 1 N–H and O–H groups in total. The Kier molecular flexibility index (Phi) is 8.08. The Labute approximate surface area is 205 Å². The minimum Gasteiger partial charge on any atom is -0.459 e. The van der Waals surface area contributed by atoms with Crippen LogP contribution >= 0.6 is 11.3 Å². The van der Waals surface area contributed by atoms with Crippen LogP contribution in [-0.4, -0.2) is 64.6 Å². The molecule has 180 valence electrons. The van der Waals surface area contributed by atoms with E-state index in [0.29, 0.717) is 21.7 Å². The summed E-state index contributed by atoms with van der Waals surface area (Å²) in [4.78, 5) is 30.8.